The molecule has 2 atom stereocenters. The van der Waals surface area contributed by atoms with Gasteiger partial charge in [0, 0.05) is 11.5 Å². The van der Waals surface area contributed by atoms with Crippen LogP contribution < -0.4 is 0 Å². The van der Waals surface area contributed by atoms with Gasteiger partial charge in [0.1, 0.15) is 0 Å². The van der Waals surface area contributed by atoms with Crippen molar-refractivity contribution in [2.45, 2.75) is 10.8 Å². The van der Waals surface area contributed by atoms with Crippen LogP contribution in [0.4, 0.5) is 0 Å². The number of hydrogen-bond donors (Lipinski definition) is 0. The second kappa shape index (κ2) is 5.01. The van der Waals surface area contributed by atoms with Crippen LogP contribution in [0.15, 0.2) is 54.6 Å². The molecule has 2 aromatic rings. The van der Waals surface area contributed by atoms with Crippen LogP contribution in [0.3, 0.4) is 0 Å². The molecule has 3 rings (SSSR count). The molecule has 0 bridgehead atoms. The number of ketones is 1. The first-order chi connectivity index (χ1) is 10.1. The van der Waals surface area contributed by atoms with E-state index in [1.165, 1.54) is 7.11 Å². The van der Waals surface area contributed by atoms with E-state index in [2.05, 4.69) is 0 Å². The third kappa shape index (κ3) is 1.88. The molecule has 3 nitrogen and oxygen atoms in total. The SMILES string of the molecule is COC(=O)C1(Cl)C(=O)c2ccccc2C1c1ccccc1. The lowest BCUT2D eigenvalue weighted by atomic mass is 9.85. The molecule has 0 aromatic heterocycles. The number of alkyl halides is 1. The maximum absolute atomic E-state index is 12.7. The van der Waals surface area contributed by atoms with Crippen molar-refractivity contribution in [2.24, 2.45) is 0 Å². The third-order valence-corrected chi connectivity index (χ3v) is 4.40. The minimum Gasteiger partial charge on any atom is -0.467 e. The first-order valence-corrected chi connectivity index (χ1v) is 6.94. The van der Waals surface area contributed by atoms with Gasteiger partial charge in [-0.2, -0.15) is 0 Å². The summed E-state index contributed by atoms with van der Waals surface area (Å²) in [7, 11) is 1.24. The molecule has 0 heterocycles. The molecular formula is C17H13ClO3. The maximum atomic E-state index is 12.7. The Bertz CT molecular complexity index is 711. The van der Waals surface area contributed by atoms with E-state index in [0.29, 0.717) is 5.56 Å². The molecule has 0 saturated carbocycles. The number of Topliss-reactive ketones (excluding diaryl/α,β-unsaturated/α-hetero) is 1. The molecular weight excluding hydrogens is 288 g/mol. The summed E-state index contributed by atoms with van der Waals surface area (Å²) in [6, 6.07) is 16.4. The fourth-order valence-electron chi connectivity index (χ4n) is 2.91. The molecule has 21 heavy (non-hydrogen) atoms. The zero-order valence-corrected chi connectivity index (χ0v) is 12.1. The van der Waals surface area contributed by atoms with E-state index in [9.17, 15) is 9.59 Å². The van der Waals surface area contributed by atoms with Gasteiger partial charge >= 0.3 is 5.97 Å². The average Bonchev–Trinajstić information content (AvgIpc) is 2.77. The third-order valence-electron chi connectivity index (χ3n) is 3.86. The predicted octanol–water partition coefficient (Wildman–Crippen LogP) is 3.17. The number of methoxy groups -OCH3 is 1. The first kappa shape index (κ1) is 13.8. The van der Waals surface area contributed by atoms with Crippen molar-refractivity contribution in [3.63, 3.8) is 0 Å². The molecule has 0 spiro atoms. The number of carbonyl (C=O) groups is 2. The molecule has 1 aliphatic rings. The fourth-order valence-corrected chi connectivity index (χ4v) is 3.33. The van der Waals surface area contributed by atoms with E-state index in [1.807, 2.05) is 42.5 Å². The van der Waals surface area contributed by atoms with Gasteiger partial charge in [0.05, 0.1) is 7.11 Å². The van der Waals surface area contributed by atoms with Crippen molar-refractivity contribution >= 4 is 23.4 Å². The van der Waals surface area contributed by atoms with Gasteiger partial charge in [-0.15, -0.1) is 0 Å². The molecule has 2 unspecified atom stereocenters. The van der Waals surface area contributed by atoms with Crippen LogP contribution in [0.1, 0.15) is 27.4 Å². The Morgan fingerprint density at radius 1 is 1.10 bits per heavy atom. The van der Waals surface area contributed by atoms with Crippen LogP contribution in [0.25, 0.3) is 0 Å². The van der Waals surface area contributed by atoms with Gasteiger partial charge in [-0.3, -0.25) is 4.79 Å². The lowest BCUT2D eigenvalue weighted by molar-refractivity contribution is -0.142. The van der Waals surface area contributed by atoms with Crippen molar-refractivity contribution in [3.05, 3.63) is 71.3 Å². The Morgan fingerprint density at radius 2 is 1.71 bits per heavy atom. The van der Waals surface area contributed by atoms with Gasteiger partial charge in [-0.25, -0.2) is 4.79 Å². The monoisotopic (exact) mass is 300 g/mol. The predicted molar refractivity (Wildman–Crippen MR) is 79.7 cm³/mol. The summed E-state index contributed by atoms with van der Waals surface area (Å²) in [5.74, 6) is -1.67. The summed E-state index contributed by atoms with van der Waals surface area (Å²) in [5, 5.41) is 0. The van der Waals surface area contributed by atoms with Crippen molar-refractivity contribution in [2.75, 3.05) is 7.11 Å². The number of esters is 1. The highest BCUT2D eigenvalue weighted by atomic mass is 35.5. The number of rotatable bonds is 2. The molecule has 0 N–H and O–H groups in total. The summed E-state index contributed by atoms with van der Waals surface area (Å²) in [5.41, 5.74) is 2.05. The highest BCUT2D eigenvalue weighted by Gasteiger charge is 2.58. The first-order valence-electron chi connectivity index (χ1n) is 6.56. The van der Waals surface area contributed by atoms with E-state index in [0.717, 1.165) is 11.1 Å². The quantitative estimate of drug-likeness (QED) is 0.486. The fraction of sp³-hybridized carbons (Fsp3) is 0.176. The molecule has 2 aromatic carbocycles. The number of benzene rings is 2. The molecule has 0 aliphatic heterocycles. The van der Waals surface area contributed by atoms with Gasteiger partial charge in [-0.05, 0) is 11.1 Å². The van der Waals surface area contributed by atoms with Gasteiger partial charge < -0.3 is 4.74 Å². The molecule has 1 aliphatic carbocycles. The van der Waals surface area contributed by atoms with Crippen LogP contribution in [0.2, 0.25) is 0 Å². The Hall–Kier alpha value is -2.13. The zero-order chi connectivity index (χ0) is 15.0. The zero-order valence-electron chi connectivity index (χ0n) is 11.4. The summed E-state index contributed by atoms with van der Waals surface area (Å²) in [6.07, 6.45) is 0. The molecule has 0 radical (unpaired) electrons. The summed E-state index contributed by atoms with van der Waals surface area (Å²) in [6.45, 7) is 0. The number of fused-ring (bicyclic) bond motifs is 1. The number of ether oxygens (including phenoxy) is 1. The highest BCUT2D eigenvalue weighted by Crippen LogP contribution is 2.49. The van der Waals surface area contributed by atoms with Gasteiger partial charge in [0.25, 0.3) is 0 Å². The highest BCUT2D eigenvalue weighted by molar-refractivity contribution is 6.50. The summed E-state index contributed by atoms with van der Waals surface area (Å²) < 4.78 is 4.80. The van der Waals surface area contributed by atoms with Crippen molar-refractivity contribution in [1.82, 2.24) is 0 Å². The average molecular weight is 301 g/mol. The maximum Gasteiger partial charge on any atom is 0.336 e. The number of halogens is 1. The van der Waals surface area contributed by atoms with E-state index in [4.69, 9.17) is 16.3 Å². The van der Waals surface area contributed by atoms with Crippen LogP contribution in [0, 0.1) is 0 Å². The van der Waals surface area contributed by atoms with Gasteiger partial charge in [-0.1, -0.05) is 66.2 Å². The van der Waals surface area contributed by atoms with Crippen LogP contribution in [-0.2, 0) is 9.53 Å². The normalized spacial score (nSPS) is 23.7. The Labute approximate surface area is 127 Å². The van der Waals surface area contributed by atoms with Crippen LogP contribution >= 0.6 is 11.6 Å². The standard InChI is InChI=1S/C17H13ClO3/c1-21-16(20)17(18)14(11-7-3-2-4-8-11)12-9-5-6-10-13(12)15(17)19/h2-10,14H,1H3. The van der Waals surface area contributed by atoms with Crippen LogP contribution in [0.5, 0.6) is 0 Å². The largest absolute Gasteiger partial charge is 0.467 e. The summed E-state index contributed by atoms with van der Waals surface area (Å²) >= 11 is 6.51. The molecule has 4 heteroatoms. The molecule has 0 fully saturated rings. The Kier molecular flexibility index (Phi) is 3.30. The van der Waals surface area contributed by atoms with Gasteiger partial charge in [0.2, 0.25) is 4.87 Å². The number of hydrogen-bond acceptors (Lipinski definition) is 3. The van der Waals surface area contributed by atoms with Crippen molar-refractivity contribution in [1.29, 1.82) is 0 Å². The smallest absolute Gasteiger partial charge is 0.336 e. The second-order valence-corrected chi connectivity index (χ2v) is 5.56. The summed E-state index contributed by atoms with van der Waals surface area (Å²) in [4.78, 5) is 23.2. The van der Waals surface area contributed by atoms with E-state index in [1.54, 1.807) is 12.1 Å². The minimum absolute atomic E-state index is 0.402. The van der Waals surface area contributed by atoms with Crippen molar-refractivity contribution < 1.29 is 14.3 Å². The lowest BCUT2D eigenvalue weighted by Gasteiger charge is -2.25. The minimum atomic E-state index is -1.74. The second-order valence-electron chi connectivity index (χ2n) is 4.96. The topological polar surface area (TPSA) is 43.4 Å². The lowest BCUT2D eigenvalue weighted by Crippen LogP contribution is -2.43. The molecule has 0 saturated heterocycles. The van der Waals surface area contributed by atoms with E-state index < -0.39 is 22.5 Å². The van der Waals surface area contributed by atoms with Gasteiger partial charge in [0.15, 0.2) is 5.78 Å². The van der Waals surface area contributed by atoms with E-state index >= 15 is 0 Å². The van der Waals surface area contributed by atoms with Crippen LogP contribution in [-0.4, -0.2) is 23.7 Å². The van der Waals surface area contributed by atoms with Crippen molar-refractivity contribution in [3.8, 4) is 0 Å². The molecule has 106 valence electrons. The number of carbonyl (C=O) groups excluding carboxylic acids is 2. The van der Waals surface area contributed by atoms with E-state index in [-0.39, 0.29) is 0 Å². The Balaban J connectivity index is 2.26. The Morgan fingerprint density at radius 3 is 2.38 bits per heavy atom. The molecule has 0 amide bonds.